The maximum absolute atomic E-state index is 12.8. The summed E-state index contributed by atoms with van der Waals surface area (Å²) >= 11 is 0. The molecule has 0 aromatic rings. The van der Waals surface area contributed by atoms with Gasteiger partial charge in [0, 0.05) is 13.0 Å². The van der Waals surface area contributed by atoms with Crippen LogP contribution in [0.2, 0.25) is 0 Å². The molecule has 0 amide bonds. The molecule has 322 valence electrons. The highest BCUT2D eigenvalue weighted by atomic mass is 32.3. The summed E-state index contributed by atoms with van der Waals surface area (Å²) in [6.07, 6.45) is 29.0. The third-order valence-electron chi connectivity index (χ3n) is 9.47. The van der Waals surface area contributed by atoms with Crippen molar-refractivity contribution in [1.29, 1.82) is 0 Å². The Morgan fingerprint density at radius 2 is 1.24 bits per heavy atom. The highest BCUT2D eigenvalue weighted by Gasteiger charge is 2.48. The summed E-state index contributed by atoms with van der Waals surface area (Å²) in [5, 5.41) is 30.6. The maximum Gasteiger partial charge on any atom is 0.397 e. The van der Waals surface area contributed by atoms with E-state index in [2.05, 4.69) is 54.5 Å². The molecule has 55 heavy (non-hydrogen) atoms. The fourth-order valence-corrected chi connectivity index (χ4v) is 6.74. The Bertz CT molecular complexity index is 1110. The van der Waals surface area contributed by atoms with Crippen molar-refractivity contribution in [3.05, 3.63) is 36.5 Å². The first-order valence-electron chi connectivity index (χ1n) is 21.2. The van der Waals surface area contributed by atoms with Gasteiger partial charge in [-0.2, -0.15) is 8.42 Å². The van der Waals surface area contributed by atoms with Crippen LogP contribution in [0.4, 0.5) is 0 Å². The monoisotopic (exact) mass is 805 g/mol. The third-order valence-corrected chi connectivity index (χ3v) is 9.93. The van der Waals surface area contributed by atoms with Gasteiger partial charge in [0.15, 0.2) is 6.29 Å². The lowest BCUT2D eigenvalue weighted by atomic mass is 9.99. The van der Waals surface area contributed by atoms with E-state index in [1.165, 1.54) is 57.8 Å². The van der Waals surface area contributed by atoms with Gasteiger partial charge in [0.2, 0.25) is 0 Å². The van der Waals surface area contributed by atoms with Crippen LogP contribution in [0.1, 0.15) is 162 Å². The molecule has 0 bridgehead atoms. The molecule has 1 aliphatic heterocycles. The Morgan fingerprint density at radius 3 is 1.82 bits per heavy atom. The predicted molar refractivity (Wildman–Crippen MR) is 216 cm³/mol. The largest absolute Gasteiger partial charge is 0.457 e. The molecule has 0 aromatic carbocycles. The van der Waals surface area contributed by atoms with Crippen molar-refractivity contribution in [1.82, 2.24) is 0 Å². The highest BCUT2D eigenvalue weighted by Crippen LogP contribution is 2.26. The van der Waals surface area contributed by atoms with Crippen molar-refractivity contribution >= 4 is 16.4 Å². The Hall–Kier alpha value is -1.68. The number of rotatable bonds is 36. The Morgan fingerprint density at radius 1 is 0.691 bits per heavy atom. The molecule has 4 N–H and O–H groups in total. The van der Waals surface area contributed by atoms with E-state index in [0.717, 1.165) is 77.0 Å². The number of aliphatic hydroxyl groups excluding tert-OH is 3. The van der Waals surface area contributed by atoms with E-state index in [1.807, 2.05) is 0 Å². The van der Waals surface area contributed by atoms with Gasteiger partial charge in [0.1, 0.15) is 30.5 Å². The summed E-state index contributed by atoms with van der Waals surface area (Å²) in [4.78, 5) is 12.8. The lowest BCUT2D eigenvalue weighted by Crippen LogP contribution is -2.60. The van der Waals surface area contributed by atoms with Crippen LogP contribution in [0.25, 0.3) is 0 Å². The van der Waals surface area contributed by atoms with Crippen LogP contribution in [0, 0.1) is 0 Å². The summed E-state index contributed by atoms with van der Waals surface area (Å²) in [5.74, 6) is -0.414. The van der Waals surface area contributed by atoms with Crippen LogP contribution in [-0.2, 0) is 38.3 Å². The highest BCUT2D eigenvalue weighted by molar-refractivity contribution is 7.80. The second-order valence-corrected chi connectivity index (χ2v) is 15.6. The number of aliphatic hydroxyl groups is 3. The van der Waals surface area contributed by atoms with Crippen molar-refractivity contribution in [2.45, 2.75) is 198 Å². The van der Waals surface area contributed by atoms with Gasteiger partial charge in [0.25, 0.3) is 0 Å². The zero-order valence-corrected chi connectivity index (χ0v) is 34.8. The molecule has 0 aliphatic carbocycles. The van der Waals surface area contributed by atoms with E-state index < -0.39 is 59.8 Å². The van der Waals surface area contributed by atoms with E-state index in [4.69, 9.17) is 23.5 Å². The number of carbonyl (C=O) groups is 1. The first kappa shape index (κ1) is 51.3. The van der Waals surface area contributed by atoms with Gasteiger partial charge < -0.3 is 34.3 Å². The van der Waals surface area contributed by atoms with Crippen molar-refractivity contribution in [2.75, 3.05) is 26.4 Å². The predicted octanol–water partition coefficient (Wildman–Crippen LogP) is 8.24. The number of esters is 1. The minimum Gasteiger partial charge on any atom is -0.457 e. The van der Waals surface area contributed by atoms with E-state index in [1.54, 1.807) is 0 Å². The van der Waals surface area contributed by atoms with Gasteiger partial charge in [0.05, 0.1) is 19.8 Å². The number of allylic oxidation sites excluding steroid dienone is 6. The number of carbonyl (C=O) groups excluding carboxylic acids is 1. The zero-order valence-electron chi connectivity index (χ0n) is 34.0. The Labute approximate surface area is 333 Å². The fourth-order valence-electron chi connectivity index (χ4n) is 6.23. The second kappa shape index (κ2) is 34.4. The Kier molecular flexibility index (Phi) is 32.1. The van der Waals surface area contributed by atoms with Gasteiger partial charge in [-0.3, -0.25) is 9.35 Å². The van der Waals surface area contributed by atoms with E-state index in [-0.39, 0.29) is 19.6 Å². The summed E-state index contributed by atoms with van der Waals surface area (Å²) in [6, 6.07) is 0. The zero-order chi connectivity index (χ0) is 40.4. The fraction of sp³-hybridized carbons (Fsp3) is 0.833. The van der Waals surface area contributed by atoms with E-state index >= 15 is 0 Å². The molecule has 0 radical (unpaired) electrons. The Balaban J connectivity index is 2.43. The quantitative estimate of drug-likeness (QED) is 0.0207. The van der Waals surface area contributed by atoms with Gasteiger partial charge in [-0.05, 0) is 64.2 Å². The summed E-state index contributed by atoms with van der Waals surface area (Å²) in [7, 11) is -5.06. The number of hydrogen-bond donors (Lipinski definition) is 4. The van der Waals surface area contributed by atoms with Gasteiger partial charge in [-0.25, -0.2) is 4.18 Å². The van der Waals surface area contributed by atoms with Crippen LogP contribution in [0.3, 0.4) is 0 Å². The molecule has 0 aromatic heterocycles. The lowest BCUT2D eigenvalue weighted by molar-refractivity contribution is -0.301. The summed E-state index contributed by atoms with van der Waals surface area (Å²) in [5.41, 5.74) is 0. The first-order valence-corrected chi connectivity index (χ1v) is 22.6. The molecule has 13 heteroatoms. The topological polar surface area (TPSA) is 178 Å². The molecule has 1 rings (SSSR count). The number of ether oxygens (including phenoxy) is 4. The van der Waals surface area contributed by atoms with Gasteiger partial charge in [-0.1, -0.05) is 127 Å². The molecular formula is C42H76O12S. The molecular weight excluding hydrogens is 729 g/mol. The van der Waals surface area contributed by atoms with E-state index in [9.17, 15) is 28.5 Å². The molecule has 0 saturated carbocycles. The van der Waals surface area contributed by atoms with Crippen LogP contribution in [0.5, 0.6) is 0 Å². The first-order chi connectivity index (χ1) is 26.6. The molecule has 1 saturated heterocycles. The maximum atomic E-state index is 12.8. The second-order valence-electron chi connectivity index (χ2n) is 14.6. The summed E-state index contributed by atoms with van der Waals surface area (Å²) < 4.78 is 58.9. The average Bonchev–Trinajstić information content (AvgIpc) is 3.15. The SMILES string of the molecule is CCC/C=C\CCCCCCCC(=O)OC(COCCCCCCCCCC/C=C\C/C=C\CCCCC)COC1OC(CO)C(O)C(OS(=O)(=O)O)C1O. The van der Waals surface area contributed by atoms with E-state index in [0.29, 0.717) is 13.0 Å². The van der Waals surface area contributed by atoms with Crippen molar-refractivity contribution in [3.8, 4) is 0 Å². The van der Waals surface area contributed by atoms with Crippen LogP contribution < -0.4 is 0 Å². The molecule has 6 atom stereocenters. The molecule has 12 nitrogen and oxygen atoms in total. The van der Waals surface area contributed by atoms with Gasteiger partial charge in [-0.15, -0.1) is 0 Å². The van der Waals surface area contributed by atoms with Crippen molar-refractivity contribution in [3.63, 3.8) is 0 Å². The molecule has 1 heterocycles. The molecule has 1 aliphatic rings. The van der Waals surface area contributed by atoms with Gasteiger partial charge >= 0.3 is 16.4 Å². The normalized spacial score (nSPS) is 21.3. The van der Waals surface area contributed by atoms with Crippen molar-refractivity contribution in [2.24, 2.45) is 0 Å². The standard InChI is InChI=1S/C42H76O12S/c1-3-5-7-9-11-13-15-16-17-18-19-20-21-22-24-26-28-30-32-50-34-36(52-38(44)31-29-27-25-23-14-12-10-8-6-4-2)35-51-42-40(46)41(54-55(47,48)49)39(45)37(33-43)53-42/h8,10-11,13,16-17,36-37,39-43,45-46H,3-7,9,12,14-15,18-35H2,1-2H3,(H,47,48,49)/b10-8-,13-11-,17-16-. The van der Waals surface area contributed by atoms with Crippen molar-refractivity contribution < 1.29 is 56.2 Å². The third kappa shape index (κ3) is 28.4. The lowest BCUT2D eigenvalue weighted by Gasteiger charge is -2.41. The molecule has 6 unspecified atom stereocenters. The van der Waals surface area contributed by atoms with Crippen LogP contribution in [0.15, 0.2) is 36.5 Å². The van der Waals surface area contributed by atoms with Crippen LogP contribution in [-0.4, -0.2) is 97.5 Å². The smallest absolute Gasteiger partial charge is 0.397 e. The molecule has 0 spiro atoms. The number of hydrogen-bond acceptors (Lipinski definition) is 11. The number of unbranched alkanes of at least 4 members (excludes halogenated alkanes) is 17. The average molecular weight is 805 g/mol. The molecule has 1 fully saturated rings. The summed E-state index contributed by atoms with van der Waals surface area (Å²) in [6.45, 7) is 3.86. The van der Waals surface area contributed by atoms with Crippen LogP contribution >= 0.6 is 0 Å². The minimum atomic E-state index is -5.06. The minimum absolute atomic E-state index is 0.0286.